The molecule has 1 N–H and O–H groups in total. The van der Waals surface area contributed by atoms with Gasteiger partial charge in [-0.1, -0.05) is 0 Å². The molecule has 0 fully saturated rings. The van der Waals surface area contributed by atoms with E-state index in [-0.39, 0.29) is 0 Å². The van der Waals surface area contributed by atoms with Gasteiger partial charge in [0.25, 0.3) is 0 Å². The molecule has 0 bridgehead atoms. The van der Waals surface area contributed by atoms with Gasteiger partial charge in [0.05, 0.1) is 26.9 Å². The molecule has 114 valence electrons. The first-order valence-corrected chi connectivity index (χ1v) is 8.14. The zero-order chi connectivity index (χ0) is 14.8. The van der Waals surface area contributed by atoms with Crippen molar-refractivity contribution in [3.8, 4) is 17.2 Å². The number of hydrogen-bond donors (Lipinski definition) is 1. The number of unbranched alkanes of at least 4 members (excludes halogenated alkanes) is 1. The first-order valence-electron chi connectivity index (χ1n) is 6.75. The molecule has 0 spiro atoms. The summed E-state index contributed by atoms with van der Waals surface area (Å²) in [5, 5.41) is 3.44. The Hall–Kier alpha value is -1.07. The molecule has 0 saturated heterocycles. The molecule has 20 heavy (non-hydrogen) atoms. The Morgan fingerprint density at radius 2 is 1.65 bits per heavy atom. The number of nitrogens with one attached hydrogen (secondary N) is 1. The Morgan fingerprint density at radius 3 is 2.15 bits per heavy atom. The zero-order valence-corrected chi connectivity index (χ0v) is 13.6. The lowest BCUT2D eigenvalue weighted by molar-refractivity contribution is 0.366. The summed E-state index contributed by atoms with van der Waals surface area (Å²) in [6.07, 6.45) is 4.56. The van der Waals surface area contributed by atoms with Gasteiger partial charge in [-0.2, -0.15) is 11.8 Å². The van der Waals surface area contributed by atoms with Gasteiger partial charge >= 0.3 is 0 Å². The monoisotopic (exact) mass is 299 g/mol. The third-order valence-corrected chi connectivity index (χ3v) is 3.77. The number of rotatable bonds is 10. The highest BCUT2D eigenvalue weighted by atomic mass is 32.2. The molecule has 0 saturated carbocycles. The molecule has 0 aliphatic rings. The summed E-state index contributed by atoms with van der Waals surface area (Å²) < 4.78 is 16.1. The van der Waals surface area contributed by atoms with Gasteiger partial charge in [0.1, 0.15) is 17.2 Å². The van der Waals surface area contributed by atoms with E-state index in [4.69, 9.17) is 14.2 Å². The fourth-order valence-corrected chi connectivity index (χ4v) is 2.45. The van der Waals surface area contributed by atoms with E-state index in [0.717, 1.165) is 35.9 Å². The van der Waals surface area contributed by atoms with Crippen LogP contribution in [0.25, 0.3) is 0 Å². The normalized spacial score (nSPS) is 10.4. The third-order valence-electron chi connectivity index (χ3n) is 3.07. The highest BCUT2D eigenvalue weighted by molar-refractivity contribution is 7.98. The van der Waals surface area contributed by atoms with E-state index in [9.17, 15) is 0 Å². The molecule has 4 nitrogen and oxygen atoms in total. The van der Waals surface area contributed by atoms with Gasteiger partial charge in [0.15, 0.2) is 0 Å². The Labute approximate surface area is 126 Å². The van der Waals surface area contributed by atoms with Crippen LogP contribution in [0, 0.1) is 0 Å². The van der Waals surface area contributed by atoms with E-state index in [1.54, 1.807) is 21.3 Å². The SMILES string of the molecule is COc1cc(OC)c(CNCCCCSC)c(OC)c1. The molecule has 1 rings (SSSR count). The second-order valence-corrected chi connectivity index (χ2v) is 5.37. The minimum atomic E-state index is 0.732. The van der Waals surface area contributed by atoms with Crippen LogP contribution >= 0.6 is 11.8 Å². The van der Waals surface area contributed by atoms with Crippen molar-refractivity contribution in [1.29, 1.82) is 0 Å². The predicted octanol–water partition coefficient (Wildman–Crippen LogP) is 2.95. The molecule has 0 aliphatic heterocycles. The van der Waals surface area contributed by atoms with Crippen molar-refractivity contribution in [2.45, 2.75) is 19.4 Å². The molecule has 5 heteroatoms. The largest absolute Gasteiger partial charge is 0.496 e. The molecule has 0 amide bonds. The van der Waals surface area contributed by atoms with Crippen LogP contribution in [-0.4, -0.2) is 39.9 Å². The summed E-state index contributed by atoms with van der Waals surface area (Å²) >= 11 is 1.89. The number of hydrogen-bond acceptors (Lipinski definition) is 5. The number of ether oxygens (including phenoxy) is 3. The van der Waals surface area contributed by atoms with Crippen molar-refractivity contribution < 1.29 is 14.2 Å². The van der Waals surface area contributed by atoms with Gasteiger partial charge in [0, 0.05) is 18.7 Å². The summed E-state index contributed by atoms with van der Waals surface area (Å²) in [6, 6.07) is 3.76. The van der Waals surface area contributed by atoms with Crippen LogP contribution in [-0.2, 0) is 6.54 Å². The average Bonchev–Trinajstić information content (AvgIpc) is 2.50. The molecular formula is C15H25NO3S. The molecule has 0 unspecified atom stereocenters. The second-order valence-electron chi connectivity index (χ2n) is 4.39. The van der Waals surface area contributed by atoms with Gasteiger partial charge in [-0.3, -0.25) is 0 Å². The Balaban J connectivity index is 2.63. The highest BCUT2D eigenvalue weighted by Crippen LogP contribution is 2.33. The van der Waals surface area contributed by atoms with E-state index >= 15 is 0 Å². The molecule has 1 aromatic carbocycles. The summed E-state index contributed by atoms with van der Waals surface area (Å²) in [4.78, 5) is 0. The third kappa shape index (κ3) is 5.13. The van der Waals surface area contributed by atoms with Crippen LogP contribution in [0.2, 0.25) is 0 Å². The molecule has 0 aliphatic carbocycles. The highest BCUT2D eigenvalue weighted by Gasteiger charge is 2.12. The van der Waals surface area contributed by atoms with Crippen LogP contribution in [0.3, 0.4) is 0 Å². The van der Waals surface area contributed by atoms with Gasteiger partial charge in [-0.25, -0.2) is 0 Å². The Morgan fingerprint density at radius 1 is 1.00 bits per heavy atom. The first kappa shape index (κ1) is 17.0. The van der Waals surface area contributed by atoms with E-state index in [0.29, 0.717) is 0 Å². The van der Waals surface area contributed by atoms with Gasteiger partial charge < -0.3 is 19.5 Å². The minimum Gasteiger partial charge on any atom is -0.496 e. The van der Waals surface area contributed by atoms with Crippen LogP contribution in [0.15, 0.2) is 12.1 Å². The molecule has 1 aromatic rings. The molecule has 0 radical (unpaired) electrons. The van der Waals surface area contributed by atoms with E-state index in [1.807, 2.05) is 23.9 Å². The molecular weight excluding hydrogens is 274 g/mol. The Bertz CT molecular complexity index is 374. The van der Waals surface area contributed by atoms with Crippen molar-refractivity contribution in [2.24, 2.45) is 0 Å². The minimum absolute atomic E-state index is 0.732. The van der Waals surface area contributed by atoms with Gasteiger partial charge in [-0.05, 0) is 31.4 Å². The summed E-state index contributed by atoms with van der Waals surface area (Å²) in [7, 11) is 4.96. The van der Waals surface area contributed by atoms with Crippen LogP contribution in [0.5, 0.6) is 17.2 Å². The maximum atomic E-state index is 5.42. The van der Waals surface area contributed by atoms with Crippen LogP contribution in [0.1, 0.15) is 18.4 Å². The summed E-state index contributed by atoms with van der Waals surface area (Å²) in [5.41, 5.74) is 1.03. The van der Waals surface area contributed by atoms with Crippen molar-refractivity contribution in [3.05, 3.63) is 17.7 Å². The lowest BCUT2D eigenvalue weighted by atomic mass is 10.1. The lowest BCUT2D eigenvalue weighted by Crippen LogP contribution is -2.16. The van der Waals surface area contributed by atoms with Crippen LogP contribution in [0.4, 0.5) is 0 Å². The van der Waals surface area contributed by atoms with Crippen LogP contribution < -0.4 is 19.5 Å². The summed E-state index contributed by atoms with van der Waals surface area (Å²) in [5.74, 6) is 3.54. The van der Waals surface area contributed by atoms with E-state index < -0.39 is 0 Å². The van der Waals surface area contributed by atoms with Crippen molar-refractivity contribution >= 4 is 11.8 Å². The molecule has 0 heterocycles. The standard InChI is InChI=1S/C15H25NO3S/c1-17-12-9-14(18-2)13(15(10-12)19-3)11-16-7-5-6-8-20-4/h9-10,16H,5-8,11H2,1-4H3. The quantitative estimate of drug-likeness (QED) is 0.673. The van der Waals surface area contributed by atoms with E-state index in [1.165, 1.54) is 18.6 Å². The lowest BCUT2D eigenvalue weighted by Gasteiger charge is -2.15. The smallest absolute Gasteiger partial charge is 0.130 e. The number of thioether (sulfide) groups is 1. The predicted molar refractivity (Wildman–Crippen MR) is 85.4 cm³/mol. The van der Waals surface area contributed by atoms with Gasteiger partial charge in [-0.15, -0.1) is 0 Å². The van der Waals surface area contributed by atoms with Crippen molar-refractivity contribution in [2.75, 3.05) is 39.9 Å². The number of methoxy groups -OCH3 is 3. The first-order chi connectivity index (χ1) is 9.76. The number of benzene rings is 1. The van der Waals surface area contributed by atoms with Crippen molar-refractivity contribution in [1.82, 2.24) is 5.32 Å². The molecule has 0 aromatic heterocycles. The topological polar surface area (TPSA) is 39.7 Å². The maximum absolute atomic E-state index is 5.42. The Kier molecular flexibility index (Phi) is 8.30. The fourth-order valence-electron chi connectivity index (χ4n) is 1.96. The second kappa shape index (κ2) is 9.77. The summed E-state index contributed by atoms with van der Waals surface area (Å²) in [6.45, 7) is 1.73. The maximum Gasteiger partial charge on any atom is 0.130 e. The van der Waals surface area contributed by atoms with E-state index in [2.05, 4.69) is 11.6 Å². The molecule has 0 atom stereocenters. The fraction of sp³-hybridized carbons (Fsp3) is 0.600. The average molecular weight is 299 g/mol. The zero-order valence-electron chi connectivity index (χ0n) is 12.8. The van der Waals surface area contributed by atoms with Crippen molar-refractivity contribution in [3.63, 3.8) is 0 Å². The van der Waals surface area contributed by atoms with Gasteiger partial charge in [0.2, 0.25) is 0 Å².